The maximum Gasteiger partial charge on any atom is 0.108 e. The van der Waals surface area contributed by atoms with Crippen molar-refractivity contribution in [1.82, 2.24) is 16.0 Å². The minimum absolute atomic E-state index is 0. The van der Waals surface area contributed by atoms with E-state index in [2.05, 4.69) is 21.3 Å². The van der Waals surface area contributed by atoms with E-state index in [1.807, 2.05) is 0 Å². The van der Waals surface area contributed by atoms with Crippen molar-refractivity contribution in [1.29, 1.82) is 0 Å². The van der Waals surface area contributed by atoms with Crippen molar-refractivity contribution >= 4 is 0 Å². The molecule has 4 atom stereocenters. The molecule has 1 saturated heterocycles. The molecule has 0 spiro atoms. The fraction of sp³-hybridized carbons (Fsp3) is 1.00. The molecule has 0 amide bonds. The minimum atomic E-state index is -0.101. The second kappa shape index (κ2) is 16.6. The molecule has 0 saturated carbocycles. The Morgan fingerprint density at radius 1 is 0.640 bits per heavy atom. The van der Waals surface area contributed by atoms with Crippen LogP contribution in [0.2, 0.25) is 0 Å². The first-order valence-corrected chi connectivity index (χ1v) is 8.71. The van der Waals surface area contributed by atoms with E-state index in [0.29, 0.717) is 6.54 Å². The van der Waals surface area contributed by atoms with Gasteiger partial charge in [0.05, 0.1) is 0 Å². The molecule has 8 nitrogen and oxygen atoms in total. The van der Waals surface area contributed by atoms with E-state index in [1.54, 1.807) is 28.4 Å². The van der Waals surface area contributed by atoms with Crippen LogP contribution in [0.25, 0.3) is 5.32 Å². The summed E-state index contributed by atoms with van der Waals surface area (Å²) < 4.78 is 21.8. The average Bonchev–Trinajstić information content (AvgIpc) is 2.61. The molecule has 1 fully saturated rings. The summed E-state index contributed by atoms with van der Waals surface area (Å²) in [7, 11) is 6.85. The second-order valence-electron chi connectivity index (χ2n) is 5.79. The van der Waals surface area contributed by atoms with Crippen molar-refractivity contribution in [2.24, 2.45) is 0 Å². The van der Waals surface area contributed by atoms with Crippen LogP contribution in [-0.2, 0) is 40.7 Å². The summed E-state index contributed by atoms with van der Waals surface area (Å²) in [6.07, 6.45) is 3.27. The van der Waals surface area contributed by atoms with E-state index in [0.717, 1.165) is 45.3 Å². The Bertz CT molecular complexity index is 233. The molecule has 0 aliphatic carbocycles. The molecule has 1 rings (SSSR count). The van der Waals surface area contributed by atoms with Crippen LogP contribution in [0.3, 0.4) is 0 Å². The van der Waals surface area contributed by atoms with Crippen molar-refractivity contribution in [3.63, 3.8) is 0 Å². The van der Waals surface area contributed by atoms with Gasteiger partial charge in [-0.05, 0) is 38.5 Å². The Morgan fingerprint density at radius 3 is 1.52 bits per heavy atom. The number of methoxy groups -OCH3 is 4. The van der Waals surface area contributed by atoms with Crippen LogP contribution in [0.15, 0.2) is 0 Å². The molecule has 0 aromatic rings. The third-order valence-electron chi connectivity index (χ3n) is 4.17. The Balaban J connectivity index is 0.00000576. The van der Waals surface area contributed by atoms with Gasteiger partial charge in [-0.15, -0.1) is 6.54 Å². The zero-order valence-electron chi connectivity index (χ0n) is 16.0. The summed E-state index contributed by atoms with van der Waals surface area (Å²) in [4.78, 5) is 0. The van der Waals surface area contributed by atoms with Crippen molar-refractivity contribution in [2.75, 3.05) is 54.6 Å². The van der Waals surface area contributed by atoms with E-state index < -0.39 is 0 Å². The van der Waals surface area contributed by atoms with Gasteiger partial charge in [-0.1, -0.05) is 0 Å². The van der Waals surface area contributed by atoms with Crippen LogP contribution in [0.5, 0.6) is 0 Å². The molecule has 25 heavy (non-hydrogen) atoms. The first-order valence-electron chi connectivity index (χ1n) is 8.71. The summed E-state index contributed by atoms with van der Waals surface area (Å²) in [6.45, 7) is 3.11. The number of ether oxygens (including phenoxy) is 4. The molecule has 4 unspecified atom stereocenters. The molecule has 148 valence electrons. The molecular formula is C16H35N4O4Ti-. The fourth-order valence-electron chi connectivity index (χ4n) is 2.65. The molecular weight excluding hydrogens is 360 g/mol. The van der Waals surface area contributed by atoms with Crippen molar-refractivity contribution in [2.45, 2.75) is 50.6 Å². The molecule has 0 aromatic carbocycles. The van der Waals surface area contributed by atoms with Crippen molar-refractivity contribution in [3.05, 3.63) is 5.32 Å². The van der Waals surface area contributed by atoms with Gasteiger partial charge in [-0.3, -0.25) is 16.0 Å². The zero-order chi connectivity index (χ0) is 17.6. The summed E-state index contributed by atoms with van der Waals surface area (Å²) in [6, 6.07) is 0. The van der Waals surface area contributed by atoms with Crippen LogP contribution in [0.4, 0.5) is 0 Å². The van der Waals surface area contributed by atoms with Crippen LogP contribution in [-0.4, -0.2) is 79.5 Å². The molecule has 1 aliphatic rings. The van der Waals surface area contributed by atoms with Gasteiger partial charge in [0.25, 0.3) is 0 Å². The quantitative estimate of drug-likeness (QED) is 0.601. The monoisotopic (exact) mass is 395 g/mol. The Morgan fingerprint density at radius 2 is 1.08 bits per heavy atom. The standard InChI is InChI=1S/C16H35N4O4.Ti/c1-21-13-5-9-18-15(23-3)7-11-20-16(24-4)8-12-19-14(22-2)6-10-17-13;/h13-19H,5-12H2,1-4H3;/q-1;. The van der Waals surface area contributed by atoms with Crippen LogP contribution in [0.1, 0.15) is 25.7 Å². The largest absolute Gasteiger partial charge is 0.636 e. The van der Waals surface area contributed by atoms with Gasteiger partial charge in [0, 0.05) is 63.2 Å². The first kappa shape index (κ1) is 25.4. The predicted octanol–water partition coefficient (Wildman–Crippen LogP) is 0.590. The maximum atomic E-state index is 5.47. The number of nitrogens with one attached hydrogen (secondary N) is 3. The zero-order valence-corrected chi connectivity index (χ0v) is 17.6. The van der Waals surface area contributed by atoms with E-state index in [1.165, 1.54) is 0 Å². The van der Waals surface area contributed by atoms with Gasteiger partial charge >= 0.3 is 0 Å². The molecule has 0 radical (unpaired) electrons. The predicted molar refractivity (Wildman–Crippen MR) is 93.9 cm³/mol. The van der Waals surface area contributed by atoms with Gasteiger partial charge < -0.3 is 24.3 Å². The van der Waals surface area contributed by atoms with Gasteiger partial charge in [0.15, 0.2) is 0 Å². The first-order chi connectivity index (χ1) is 11.7. The summed E-state index contributed by atoms with van der Waals surface area (Å²) in [5.41, 5.74) is 0. The maximum absolute atomic E-state index is 5.47. The fourth-order valence-corrected chi connectivity index (χ4v) is 2.65. The van der Waals surface area contributed by atoms with Crippen molar-refractivity contribution < 1.29 is 40.7 Å². The minimum Gasteiger partial charge on any atom is -0.636 e. The third-order valence-corrected chi connectivity index (χ3v) is 4.17. The average molecular weight is 395 g/mol. The van der Waals surface area contributed by atoms with E-state index in [9.17, 15) is 0 Å². The molecule has 1 heterocycles. The van der Waals surface area contributed by atoms with Gasteiger partial charge in [0.2, 0.25) is 0 Å². The topological polar surface area (TPSA) is 87.1 Å². The molecule has 9 heteroatoms. The van der Waals surface area contributed by atoms with E-state index >= 15 is 0 Å². The van der Waals surface area contributed by atoms with Crippen molar-refractivity contribution in [3.8, 4) is 0 Å². The Hall–Kier alpha value is 0.394. The van der Waals surface area contributed by atoms with Crippen LogP contribution >= 0.6 is 0 Å². The number of nitrogens with zero attached hydrogens (tertiary/aromatic N) is 1. The Labute approximate surface area is 167 Å². The SMILES string of the molecule is COC1CCNC(OC)CCNC(OC)CCNC(OC)CC[N-]1.[Ti]. The van der Waals surface area contributed by atoms with E-state index in [-0.39, 0.29) is 46.6 Å². The van der Waals surface area contributed by atoms with E-state index in [4.69, 9.17) is 18.9 Å². The van der Waals surface area contributed by atoms with Gasteiger partial charge in [0.1, 0.15) is 18.7 Å². The smallest absolute Gasteiger partial charge is 0.108 e. The van der Waals surface area contributed by atoms with Gasteiger partial charge in [-0.25, -0.2) is 0 Å². The molecule has 0 bridgehead atoms. The number of hydrogen-bond acceptors (Lipinski definition) is 7. The summed E-state index contributed by atoms with van der Waals surface area (Å²) in [5.74, 6) is 0. The van der Waals surface area contributed by atoms with Crippen LogP contribution in [0, 0.1) is 0 Å². The summed E-state index contributed by atoms with van der Waals surface area (Å²) >= 11 is 0. The van der Waals surface area contributed by atoms with Crippen LogP contribution < -0.4 is 16.0 Å². The second-order valence-corrected chi connectivity index (χ2v) is 5.79. The molecule has 0 aromatic heterocycles. The molecule has 1 aliphatic heterocycles. The molecule has 3 N–H and O–H groups in total. The number of rotatable bonds is 4. The Kier molecular flexibility index (Phi) is 16.8. The number of hydrogen-bond donors (Lipinski definition) is 3. The van der Waals surface area contributed by atoms with Gasteiger partial charge in [-0.2, -0.15) is 0 Å². The summed E-state index contributed by atoms with van der Waals surface area (Å²) in [5, 5.41) is 14.8. The normalized spacial score (nSPS) is 31.2. The third kappa shape index (κ3) is 11.7.